The molecule has 0 fully saturated rings. The Labute approximate surface area is 216 Å². The van der Waals surface area contributed by atoms with E-state index in [1.807, 2.05) is 37.3 Å². The monoisotopic (exact) mass is 511 g/mol. The number of esters is 1. The van der Waals surface area contributed by atoms with Crippen molar-refractivity contribution < 1.29 is 28.5 Å². The Kier molecular flexibility index (Phi) is 8.11. The molecule has 3 atom stereocenters. The largest absolute Gasteiger partial charge is 0.497 e. The van der Waals surface area contributed by atoms with Crippen LogP contribution in [0.5, 0.6) is 11.5 Å². The number of carbonyl (C=O) groups excluding carboxylic acids is 2. The maximum absolute atomic E-state index is 13.8. The van der Waals surface area contributed by atoms with Gasteiger partial charge in [-0.25, -0.2) is 0 Å². The van der Waals surface area contributed by atoms with Gasteiger partial charge in [-0.15, -0.1) is 0 Å². The SMILES string of the molecule is COCCOC(=O)C1C(C)=NC2=C(C(=O)C[C@@H](c3ccc(Cl)cc3)C2)[C@@H]1c1cc(OC)ccc1OC. The molecule has 0 saturated carbocycles. The summed E-state index contributed by atoms with van der Waals surface area (Å²) in [4.78, 5) is 31.9. The third-order valence-electron chi connectivity index (χ3n) is 6.79. The van der Waals surface area contributed by atoms with Crippen molar-refractivity contribution in [3.8, 4) is 11.5 Å². The lowest BCUT2D eigenvalue weighted by atomic mass is 9.69. The van der Waals surface area contributed by atoms with E-state index in [4.69, 9.17) is 35.5 Å². The lowest BCUT2D eigenvalue weighted by molar-refractivity contribution is -0.147. The number of benzene rings is 2. The quantitative estimate of drug-likeness (QED) is 0.361. The Morgan fingerprint density at radius 3 is 2.44 bits per heavy atom. The van der Waals surface area contributed by atoms with E-state index >= 15 is 0 Å². The molecule has 0 bridgehead atoms. The predicted molar refractivity (Wildman–Crippen MR) is 137 cm³/mol. The van der Waals surface area contributed by atoms with Gasteiger partial charge in [0.05, 0.1) is 20.8 Å². The van der Waals surface area contributed by atoms with Crippen molar-refractivity contribution in [2.24, 2.45) is 10.9 Å². The molecule has 190 valence electrons. The van der Waals surface area contributed by atoms with Crippen LogP contribution in [0.25, 0.3) is 0 Å². The van der Waals surface area contributed by atoms with Crippen LogP contribution in [0.15, 0.2) is 58.7 Å². The molecular weight excluding hydrogens is 482 g/mol. The normalized spacial score (nSPS) is 21.5. The minimum atomic E-state index is -0.780. The molecule has 0 spiro atoms. The molecule has 1 aliphatic heterocycles. The highest BCUT2D eigenvalue weighted by atomic mass is 35.5. The Hall–Kier alpha value is -3.16. The summed E-state index contributed by atoms with van der Waals surface area (Å²) in [5.41, 5.74) is 3.54. The van der Waals surface area contributed by atoms with E-state index in [0.29, 0.717) is 51.9 Å². The number of carbonyl (C=O) groups is 2. The molecule has 0 aromatic heterocycles. The molecule has 1 heterocycles. The molecule has 2 aromatic rings. The van der Waals surface area contributed by atoms with Crippen LogP contribution in [0.2, 0.25) is 5.02 Å². The summed E-state index contributed by atoms with van der Waals surface area (Å²) in [6.07, 6.45) is 0.886. The predicted octanol–water partition coefficient (Wildman–Crippen LogP) is 5.12. The Bertz CT molecular complexity index is 1200. The van der Waals surface area contributed by atoms with Gasteiger partial charge in [0.15, 0.2) is 5.78 Å². The number of hydrogen-bond acceptors (Lipinski definition) is 7. The molecule has 0 N–H and O–H groups in total. The topological polar surface area (TPSA) is 83.4 Å². The second-order valence-corrected chi connectivity index (χ2v) is 9.35. The molecule has 0 radical (unpaired) electrons. The molecule has 0 saturated heterocycles. The summed E-state index contributed by atoms with van der Waals surface area (Å²) in [5, 5.41) is 0.646. The number of aliphatic imine (C=N–C) groups is 1. The maximum Gasteiger partial charge on any atom is 0.315 e. The molecule has 2 aliphatic rings. The number of Topliss-reactive ketones (excluding diaryl/α,β-unsaturated/α-hetero) is 1. The van der Waals surface area contributed by atoms with Gasteiger partial charge in [-0.1, -0.05) is 23.7 Å². The molecule has 1 unspecified atom stereocenters. The molecule has 1 aliphatic carbocycles. The number of rotatable bonds is 8. The lowest BCUT2D eigenvalue weighted by Gasteiger charge is -2.37. The number of hydrogen-bond donors (Lipinski definition) is 0. The van der Waals surface area contributed by atoms with E-state index in [0.717, 1.165) is 5.56 Å². The summed E-state index contributed by atoms with van der Waals surface area (Å²) >= 11 is 6.07. The summed E-state index contributed by atoms with van der Waals surface area (Å²) in [6.45, 7) is 2.19. The first-order chi connectivity index (χ1) is 17.4. The first-order valence-electron chi connectivity index (χ1n) is 11.8. The number of nitrogens with zero attached hydrogens (tertiary/aromatic N) is 1. The van der Waals surface area contributed by atoms with Gasteiger partial charge < -0.3 is 18.9 Å². The minimum absolute atomic E-state index is 0.0249. The summed E-state index contributed by atoms with van der Waals surface area (Å²) < 4.78 is 21.7. The minimum Gasteiger partial charge on any atom is -0.497 e. The number of allylic oxidation sites excluding steroid dienone is 2. The summed E-state index contributed by atoms with van der Waals surface area (Å²) in [5.74, 6) is -0.761. The fourth-order valence-electron chi connectivity index (χ4n) is 5.07. The first-order valence-corrected chi connectivity index (χ1v) is 12.2. The van der Waals surface area contributed by atoms with Crippen molar-refractivity contribution in [3.63, 3.8) is 0 Å². The second-order valence-electron chi connectivity index (χ2n) is 8.92. The van der Waals surface area contributed by atoms with Crippen LogP contribution in [0.1, 0.15) is 42.7 Å². The third-order valence-corrected chi connectivity index (χ3v) is 7.04. The van der Waals surface area contributed by atoms with Crippen LogP contribution < -0.4 is 9.47 Å². The van der Waals surface area contributed by atoms with Crippen LogP contribution >= 0.6 is 11.6 Å². The van der Waals surface area contributed by atoms with Crippen LogP contribution in [-0.2, 0) is 19.1 Å². The fourth-order valence-corrected chi connectivity index (χ4v) is 5.20. The van der Waals surface area contributed by atoms with E-state index in [-0.39, 0.29) is 24.9 Å². The van der Waals surface area contributed by atoms with Crippen LogP contribution in [-0.4, -0.2) is 52.0 Å². The zero-order valence-corrected chi connectivity index (χ0v) is 21.6. The first kappa shape index (κ1) is 25.9. The van der Waals surface area contributed by atoms with Gasteiger partial charge in [0.25, 0.3) is 0 Å². The van der Waals surface area contributed by atoms with Crippen LogP contribution in [0, 0.1) is 5.92 Å². The highest BCUT2D eigenvalue weighted by Gasteiger charge is 2.46. The van der Waals surface area contributed by atoms with Crippen LogP contribution in [0.4, 0.5) is 0 Å². The van der Waals surface area contributed by atoms with Gasteiger partial charge in [0, 0.05) is 47.0 Å². The maximum atomic E-state index is 13.8. The Morgan fingerprint density at radius 1 is 1.03 bits per heavy atom. The lowest BCUT2D eigenvalue weighted by Crippen LogP contribution is -2.38. The van der Waals surface area contributed by atoms with Crippen LogP contribution in [0.3, 0.4) is 0 Å². The van der Waals surface area contributed by atoms with Gasteiger partial charge in [0.2, 0.25) is 0 Å². The van der Waals surface area contributed by atoms with E-state index in [2.05, 4.69) is 0 Å². The van der Waals surface area contributed by atoms with Gasteiger partial charge in [-0.3, -0.25) is 14.6 Å². The average molecular weight is 512 g/mol. The molecule has 0 amide bonds. The highest BCUT2D eigenvalue weighted by molar-refractivity contribution is 6.30. The average Bonchev–Trinajstić information content (AvgIpc) is 2.87. The van der Waals surface area contributed by atoms with E-state index < -0.39 is 17.8 Å². The van der Waals surface area contributed by atoms with Crippen molar-refractivity contribution in [1.29, 1.82) is 0 Å². The standard InChI is InChI=1S/C28H30ClNO6/c1-16-25(28(32)36-12-11-33-2)26(21-15-20(34-3)9-10-24(21)35-4)27-22(30-16)13-18(14-23(27)31)17-5-7-19(29)8-6-17/h5-10,15,18,25-26H,11-14H2,1-4H3/t18-,25?,26+/m0/s1. The molecule has 36 heavy (non-hydrogen) atoms. The molecule has 7 nitrogen and oxygen atoms in total. The van der Waals surface area contributed by atoms with E-state index in [1.54, 1.807) is 33.5 Å². The molecular formula is C28H30ClNO6. The number of methoxy groups -OCH3 is 3. The van der Waals surface area contributed by atoms with Gasteiger partial charge in [-0.2, -0.15) is 0 Å². The number of ether oxygens (including phenoxy) is 4. The second kappa shape index (κ2) is 11.3. The van der Waals surface area contributed by atoms with Crippen molar-refractivity contribution in [2.45, 2.75) is 31.6 Å². The van der Waals surface area contributed by atoms with Crippen molar-refractivity contribution in [3.05, 3.63) is 69.9 Å². The smallest absolute Gasteiger partial charge is 0.315 e. The highest BCUT2D eigenvalue weighted by Crippen LogP contribution is 2.49. The summed E-state index contributed by atoms with van der Waals surface area (Å²) in [6, 6.07) is 12.9. The van der Waals surface area contributed by atoms with Crippen molar-refractivity contribution >= 4 is 29.1 Å². The molecule has 4 rings (SSSR count). The van der Waals surface area contributed by atoms with E-state index in [1.165, 1.54) is 0 Å². The zero-order valence-electron chi connectivity index (χ0n) is 20.9. The molecule has 8 heteroatoms. The van der Waals surface area contributed by atoms with Crippen molar-refractivity contribution in [2.75, 3.05) is 34.5 Å². The van der Waals surface area contributed by atoms with Crippen molar-refractivity contribution in [1.82, 2.24) is 0 Å². The molecule has 2 aromatic carbocycles. The van der Waals surface area contributed by atoms with E-state index in [9.17, 15) is 9.59 Å². The third kappa shape index (κ3) is 5.18. The summed E-state index contributed by atoms with van der Waals surface area (Å²) in [7, 11) is 4.68. The fraction of sp³-hybridized carbons (Fsp3) is 0.393. The van der Waals surface area contributed by atoms with Gasteiger partial charge in [-0.05, 0) is 55.2 Å². The number of ketones is 1. The van der Waals surface area contributed by atoms with Gasteiger partial charge in [0.1, 0.15) is 24.0 Å². The Balaban J connectivity index is 1.82. The van der Waals surface area contributed by atoms with Gasteiger partial charge >= 0.3 is 5.97 Å². The Morgan fingerprint density at radius 2 is 1.78 bits per heavy atom. The zero-order chi connectivity index (χ0) is 25.8. The number of halogens is 1.